The Labute approximate surface area is 116 Å². The fourth-order valence-corrected chi connectivity index (χ4v) is 2.96. The summed E-state index contributed by atoms with van der Waals surface area (Å²) < 4.78 is 38.1. The van der Waals surface area contributed by atoms with Gasteiger partial charge in [0, 0.05) is 6.04 Å². The molecule has 1 saturated carbocycles. The zero-order chi connectivity index (χ0) is 13.6. The third-order valence-electron chi connectivity index (χ3n) is 2.89. The second kappa shape index (κ2) is 4.49. The van der Waals surface area contributed by atoms with E-state index >= 15 is 0 Å². The Balaban J connectivity index is 2.06. The van der Waals surface area contributed by atoms with Crippen molar-refractivity contribution in [2.75, 3.05) is 11.4 Å². The lowest BCUT2D eigenvalue weighted by Gasteiger charge is -2.25. The van der Waals surface area contributed by atoms with Crippen LogP contribution in [0.2, 0.25) is 5.28 Å². The maximum atomic E-state index is 12.7. The number of nitrogens with zero attached hydrogens (tertiary/aromatic N) is 3. The van der Waals surface area contributed by atoms with Crippen molar-refractivity contribution in [3.05, 3.63) is 16.7 Å². The van der Waals surface area contributed by atoms with Gasteiger partial charge in [0.2, 0.25) is 5.28 Å². The Kier molecular flexibility index (Phi) is 3.05. The number of hydrogen-bond donors (Lipinski definition) is 0. The first-order chi connectivity index (χ1) is 8.94. The Morgan fingerprint density at radius 1 is 1.37 bits per heavy atom. The molecular weight excluding hydrogens is 299 g/mol. The smallest absolute Gasteiger partial charge is 0.344 e. The maximum absolute atomic E-state index is 12.7. The summed E-state index contributed by atoms with van der Waals surface area (Å²) in [5, 5.41) is 2.39. The minimum atomic E-state index is -4.26. The average Bonchev–Trinajstić information content (AvgIpc) is 3.03. The second-order valence-electron chi connectivity index (χ2n) is 4.43. The van der Waals surface area contributed by atoms with Crippen LogP contribution in [0.3, 0.4) is 0 Å². The van der Waals surface area contributed by atoms with Crippen molar-refractivity contribution in [3.63, 3.8) is 0 Å². The first-order valence-electron chi connectivity index (χ1n) is 5.68. The zero-order valence-electron chi connectivity index (χ0n) is 9.62. The molecule has 2 aromatic rings. The number of alkyl halides is 3. The van der Waals surface area contributed by atoms with Gasteiger partial charge in [0.25, 0.3) is 0 Å². The van der Waals surface area contributed by atoms with E-state index in [9.17, 15) is 13.2 Å². The molecule has 0 amide bonds. The normalized spacial score (nSPS) is 16.0. The summed E-state index contributed by atoms with van der Waals surface area (Å²) >= 11 is 7.14. The van der Waals surface area contributed by atoms with Crippen LogP contribution in [0.1, 0.15) is 12.8 Å². The van der Waals surface area contributed by atoms with Crippen molar-refractivity contribution >= 4 is 39.0 Å². The lowest BCUT2D eigenvalue weighted by atomic mass is 10.3. The van der Waals surface area contributed by atoms with Crippen LogP contribution in [0, 0.1) is 0 Å². The van der Waals surface area contributed by atoms with Gasteiger partial charge < -0.3 is 4.90 Å². The van der Waals surface area contributed by atoms with Crippen molar-refractivity contribution in [1.29, 1.82) is 0 Å². The number of hydrogen-bond acceptors (Lipinski definition) is 4. The summed E-state index contributed by atoms with van der Waals surface area (Å²) in [5.74, 6) is 0.288. The largest absolute Gasteiger partial charge is 0.405 e. The highest BCUT2D eigenvalue weighted by molar-refractivity contribution is 7.16. The van der Waals surface area contributed by atoms with Crippen LogP contribution in [-0.4, -0.2) is 28.7 Å². The average molecular weight is 308 g/mol. The molecule has 3 nitrogen and oxygen atoms in total. The summed E-state index contributed by atoms with van der Waals surface area (Å²) in [5.41, 5.74) is 0. The standard InChI is InChI=1S/C11H9ClF3N3S/c12-10-16-8(7-3-4-19-9(7)17-10)18(6-1-2-6)5-11(13,14)15/h3-4,6H,1-2,5H2. The van der Waals surface area contributed by atoms with Gasteiger partial charge in [-0.3, -0.25) is 0 Å². The topological polar surface area (TPSA) is 29.0 Å². The van der Waals surface area contributed by atoms with Gasteiger partial charge >= 0.3 is 6.18 Å². The molecule has 8 heteroatoms. The molecule has 102 valence electrons. The van der Waals surface area contributed by atoms with Gasteiger partial charge in [-0.25, -0.2) is 4.98 Å². The predicted molar refractivity (Wildman–Crippen MR) is 68.8 cm³/mol. The Morgan fingerprint density at radius 2 is 2.11 bits per heavy atom. The monoisotopic (exact) mass is 307 g/mol. The van der Waals surface area contributed by atoms with E-state index in [2.05, 4.69) is 9.97 Å². The van der Waals surface area contributed by atoms with Gasteiger partial charge in [-0.2, -0.15) is 18.2 Å². The van der Waals surface area contributed by atoms with Crippen LogP contribution in [0.25, 0.3) is 10.2 Å². The molecule has 3 rings (SSSR count). The van der Waals surface area contributed by atoms with Gasteiger partial charge in [0.05, 0.1) is 5.39 Å². The van der Waals surface area contributed by atoms with Crippen LogP contribution in [0.4, 0.5) is 19.0 Å². The highest BCUT2D eigenvalue weighted by atomic mass is 35.5. The van der Waals surface area contributed by atoms with E-state index in [4.69, 9.17) is 11.6 Å². The van der Waals surface area contributed by atoms with E-state index < -0.39 is 12.7 Å². The molecule has 1 aliphatic rings. The van der Waals surface area contributed by atoms with Gasteiger partial charge in [0.1, 0.15) is 17.2 Å². The van der Waals surface area contributed by atoms with Crippen LogP contribution in [0.5, 0.6) is 0 Å². The molecule has 1 aliphatic carbocycles. The maximum Gasteiger partial charge on any atom is 0.405 e. The van der Waals surface area contributed by atoms with E-state index in [1.54, 1.807) is 11.4 Å². The number of anilines is 1. The lowest BCUT2D eigenvalue weighted by Crippen LogP contribution is -2.36. The minimum Gasteiger partial charge on any atom is -0.344 e. The molecule has 0 N–H and O–H groups in total. The summed E-state index contributed by atoms with van der Waals surface area (Å²) in [4.78, 5) is 9.93. The Hall–Kier alpha value is -1.08. The summed E-state index contributed by atoms with van der Waals surface area (Å²) in [6, 6.07) is 1.63. The first kappa shape index (κ1) is 12.9. The van der Waals surface area contributed by atoms with Crippen LogP contribution < -0.4 is 4.90 Å². The van der Waals surface area contributed by atoms with E-state index in [1.807, 2.05) is 0 Å². The molecular formula is C11H9ClF3N3S. The molecule has 1 fully saturated rings. The highest BCUT2D eigenvalue weighted by Gasteiger charge is 2.39. The number of halogens is 4. The molecule has 0 unspecified atom stereocenters. The third kappa shape index (κ3) is 2.76. The van der Waals surface area contributed by atoms with Crippen molar-refractivity contribution < 1.29 is 13.2 Å². The molecule has 0 bridgehead atoms. The minimum absolute atomic E-state index is 0.0159. The highest BCUT2D eigenvalue weighted by Crippen LogP contribution is 2.38. The van der Waals surface area contributed by atoms with Gasteiger partial charge in [0.15, 0.2) is 0 Å². The van der Waals surface area contributed by atoms with Crippen LogP contribution in [0.15, 0.2) is 11.4 Å². The van der Waals surface area contributed by atoms with Crippen molar-refractivity contribution in [3.8, 4) is 0 Å². The molecule has 0 saturated heterocycles. The van der Waals surface area contributed by atoms with E-state index in [-0.39, 0.29) is 17.1 Å². The molecule has 19 heavy (non-hydrogen) atoms. The zero-order valence-corrected chi connectivity index (χ0v) is 11.2. The van der Waals surface area contributed by atoms with Gasteiger partial charge in [-0.15, -0.1) is 11.3 Å². The van der Waals surface area contributed by atoms with E-state index in [1.165, 1.54) is 16.2 Å². The Bertz CT molecular complexity index is 609. The quantitative estimate of drug-likeness (QED) is 0.806. The van der Waals surface area contributed by atoms with Crippen LogP contribution >= 0.6 is 22.9 Å². The SMILES string of the molecule is FC(F)(F)CN(c1nc(Cl)nc2sccc12)C1CC1. The number of aromatic nitrogens is 2. The van der Waals surface area contributed by atoms with Crippen molar-refractivity contribution in [2.24, 2.45) is 0 Å². The molecule has 0 atom stereocenters. The van der Waals surface area contributed by atoms with Crippen molar-refractivity contribution in [2.45, 2.75) is 25.1 Å². The van der Waals surface area contributed by atoms with E-state index in [0.29, 0.717) is 10.2 Å². The van der Waals surface area contributed by atoms with Gasteiger partial charge in [-0.1, -0.05) is 0 Å². The van der Waals surface area contributed by atoms with E-state index in [0.717, 1.165) is 12.8 Å². The number of fused-ring (bicyclic) bond motifs is 1. The van der Waals surface area contributed by atoms with Gasteiger partial charge in [-0.05, 0) is 35.9 Å². The number of rotatable bonds is 3. The summed E-state index contributed by atoms with van der Waals surface area (Å²) in [7, 11) is 0. The second-order valence-corrected chi connectivity index (χ2v) is 5.66. The van der Waals surface area contributed by atoms with Crippen LogP contribution in [-0.2, 0) is 0 Å². The molecule has 0 spiro atoms. The third-order valence-corrected chi connectivity index (χ3v) is 3.86. The lowest BCUT2D eigenvalue weighted by molar-refractivity contribution is -0.120. The summed E-state index contributed by atoms with van der Waals surface area (Å²) in [6.45, 7) is -1.00. The molecule has 2 heterocycles. The predicted octanol–water partition coefficient (Wildman–Crippen LogP) is 3.88. The Morgan fingerprint density at radius 3 is 2.74 bits per heavy atom. The summed E-state index contributed by atoms with van der Waals surface area (Å²) in [6.07, 6.45) is -2.75. The number of thiophene rings is 1. The molecule has 0 radical (unpaired) electrons. The van der Waals surface area contributed by atoms with Crippen molar-refractivity contribution in [1.82, 2.24) is 9.97 Å². The molecule has 0 aliphatic heterocycles. The molecule has 2 aromatic heterocycles. The first-order valence-corrected chi connectivity index (χ1v) is 6.94. The molecule has 0 aromatic carbocycles. The fraction of sp³-hybridized carbons (Fsp3) is 0.455. The fourth-order valence-electron chi connectivity index (χ4n) is 1.99.